The molecule has 1 amide bonds. The van der Waals surface area contributed by atoms with Crippen LogP contribution in [0.15, 0.2) is 0 Å². The summed E-state index contributed by atoms with van der Waals surface area (Å²) in [7, 11) is 1.94. The van der Waals surface area contributed by atoms with Crippen LogP contribution in [-0.4, -0.2) is 48.7 Å². The van der Waals surface area contributed by atoms with Crippen molar-refractivity contribution in [2.75, 3.05) is 26.7 Å². The van der Waals surface area contributed by atoms with Crippen LogP contribution in [0.5, 0.6) is 0 Å². The molecule has 0 radical (unpaired) electrons. The van der Waals surface area contributed by atoms with E-state index in [1.165, 1.54) is 0 Å². The standard InChI is InChI=1S/C13H26N2O2/c1-13(2,3)12(17)15-8-10(5-6-16)7-11(9-15)14-4/h10-11,14,16H,5-9H2,1-4H3. The number of hydrogen-bond acceptors (Lipinski definition) is 3. The molecule has 1 heterocycles. The lowest BCUT2D eigenvalue weighted by Crippen LogP contribution is -2.53. The van der Waals surface area contributed by atoms with Gasteiger partial charge in [0.1, 0.15) is 0 Å². The minimum absolute atomic E-state index is 0.207. The lowest BCUT2D eigenvalue weighted by atomic mass is 9.88. The van der Waals surface area contributed by atoms with Crippen molar-refractivity contribution in [2.45, 2.75) is 39.7 Å². The van der Waals surface area contributed by atoms with Crippen molar-refractivity contribution in [1.82, 2.24) is 10.2 Å². The first kappa shape index (κ1) is 14.5. The molecule has 100 valence electrons. The summed E-state index contributed by atoms with van der Waals surface area (Å²) in [6.45, 7) is 7.65. The van der Waals surface area contributed by atoms with Gasteiger partial charge in [-0.2, -0.15) is 0 Å². The summed E-state index contributed by atoms with van der Waals surface area (Å²) < 4.78 is 0. The Labute approximate surface area is 104 Å². The Bertz CT molecular complexity index is 261. The molecule has 0 aromatic carbocycles. The summed E-state index contributed by atoms with van der Waals surface area (Å²) in [5.74, 6) is 0.623. The SMILES string of the molecule is CNC1CC(CCO)CN(C(=O)C(C)(C)C)C1. The third kappa shape index (κ3) is 3.96. The van der Waals surface area contributed by atoms with Gasteiger partial charge >= 0.3 is 0 Å². The smallest absolute Gasteiger partial charge is 0.228 e. The van der Waals surface area contributed by atoms with E-state index in [1.54, 1.807) is 0 Å². The Morgan fingerprint density at radius 2 is 2.06 bits per heavy atom. The maximum atomic E-state index is 12.3. The Morgan fingerprint density at radius 1 is 1.41 bits per heavy atom. The van der Waals surface area contributed by atoms with Crippen LogP contribution in [0.2, 0.25) is 0 Å². The second kappa shape index (κ2) is 5.83. The molecule has 4 heteroatoms. The number of amides is 1. The summed E-state index contributed by atoms with van der Waals surface area (Å²) in [5, 5.41) is 12.3. The fourth-order valence-corrected chi connectivity index (χ4v) is 2.44. The van der Waals surface area contributed by atoms with Crippen LogP contribution >= 0.6 is 0 Å². The molecule has 0 aromatic rings. The molecule has 0 bridgehead atoms. The molecular formula is C13H26N2O2. The number of likely N-dealkylation sites (N-methyl/N-ethyl adjacent to an activating group) is 1. The summed E-state index contributed by atoms with van der Waals surface area (Å²) in [4.78, 5) is 14.2. The molecule has 1 saturated heterocycles. The van der Waals surface area contributed by atoms with Crippen LogP contribution in [0, 0.1) is 11.3 Å². The quantitative estimate of drug-likeness (QED) is 0.771. The number of nitrogens with one attached hydrogen (secondary N) is 1. The fourth-order valence-electron chi connectivity index (χ4n) is 2.44. The Morgan fingerprint density at radius 3 is 2.53 bits per heavy atom. The predicted octanol–water partition coefficient (Wildman–Crippen LogP) is 0.851. The van der Waals surface area contributed by atoms with Gasteiger partial charge in [-0.3, -0.25) is 4.79 Å². The van der Waals surface area contributed by atoms with Gasteiger partial charge in [0.05, 0.1) is 0 Å². The molecule has 4 nitrogen and oxygen atoms in total. The highest BCUT2D eigenvalue weighted by atomic mass is 16.3. The van der Waals surface area contributed by atoms with Crippen LogP contribution in [0.25, 0.3) is 0 Å². The van der Waals surface area contributed by atoms with Gasteiger partial charge in [-0.25, -0.2) is 0 Å². The van der Waals surface area contributed by atoms with E-state index < -0.39 is 0 Å². The first-order chi connectivity index (χ1) is 7.88. The van der Waals surface area contributed by atoms with Crippen LogP contribution in [0.4, 0.5) is 0 Å². The van der Waals surface area contributed by atoms with Crippen LogP contribution in [0.1, 0.15) is 33.6 Å². The maximum absolute atomic E-state index is 12.3. The molecule has 0 saturated carbocycles. The van der Waals surface area contributed by atoms with E-state index in [0.29, 0.717) is 12.0 Å². The number of nitrogens with zero attached hydrogens (tertiary/aromatic N) is 1. The van der Waals surface area contributed by atoms with Gasteiger partial charge in [-0.1, -0.05) is 20.8 Å². The zero-order chi connectivity index (χ0) is 13.1. The molecule has 2 N–H and O–H groups in total. The van der Waals surface area contributed by atoms with Gasteiger partial charge in [0, 0.05) is 31.2 Å². The lowest BCUT2D eigenvalue weighted by Gasteiger charge is -2.40. The number of aliphatic hydroxyl groups excluding tert-OH is 1. The van der Waals surface area contributed by atoms with E-state index >= 15 is 0 Å². The van der Waals surface area contributed by atoms with Crippen LogP contribution in [-0.2, 0) is 4.79 Å². The van der Waals surface area contributed by atoms with Crippen molar-refractivity contribution >= 4 is 5.91 Å². The number of aliphatic hydroxyl groups is 1. The van der Waals surface area contributed by atoms with Crippen molar-refractivity contribution in [1.29, 1.82) is 0 Å². The van der Waals surface area contributed by atoms with E-state index in [9.17, 15) is 4.79 Å². The van der Waals surface area contributed by atoms with Gasteiger partial charge in [-0.15, -0.1) is 0 Å². The zero-order valence-electron chi connectivity index (χ0n) is 11.5. The number of carbonyl (C=O) groups excluding carboxylic acids is 1. The summed E-state index contributed by atoms with van der Waals surface area (Å²) >= 11 is 0. The fraction of sp³-hybridized carbons (Fsp3) is 0.923. The second-order valence-electron chi connectivity index (χ2n) is 6.06. The Balaban J connectivity index is 2.68. The number of carbonyl (C=O) groups is 1. The first-order valence-electron chi connectivity index (χ1n) is 6.46. The molecule has 2 atom stereocenters. The minimum Gasteiger partial charge on any atom is -0.396 e. The van der Waals surface area contributed by atoms with Gasteiger partial charge in [-0.05, 0) is 25.8 Å². The predicted molar refractivity (Wildman–Crippen MR) is 68.7 cm³/mol. The van der Waals surface area contributed by atoms with Gasteiger partial charge in [0.15, 0.2) is 0 Å². The third-order valence-corrected chi connectivity index (χ3v) is 3.41. The van der Waals surface area contributed by atoms with Gasteiger partial charge in [0.25, 0.3) is 0 Å². The minimum atomic E-state index is -0.320. The molecule has 0 spiro atoms. The van der Waals surface area contributed by atoms with Crippen molar-refractivity contribution < 1.29 is 9.90 Å². The molecule has 1 fully saturated rings. The Hall–Kier alpha value is -0.610. The number of rotatable bonds is 3. The van der Waals surface area contributed by atoms with E-state index in [1.807, 2.05) is 32.7 Å². The molecule has 1 aliphatic heterocycles. The second-order valence-corrected chi connectivity index (χ2v) is 6.06. The zero-order valence-corrected chi connectivity index (χ0v) is 11.5. The summed E-state index contributed by atoms with van der Waals surface area (Å²) in [6.07, 6.45) is 1.83. The third-order valence-electron chi connectivity index (χ3n) is 3.41. The number of likely N-dealkylation sites (tertiary alicyclic amines) is 1. The molecule has 17 heavy (non-hydrogen) atoms. The first-order valence-corrected chi connectivity index (χ1v) is 6.46. The molecular weight excluding hydrogens is 216 g/mol. The van der Waals surface area contributed by atoms with Crippen molar-refractivity contribution in [3.05, 3.63) is 0 Å². The molecule has 0 aromatic heterocycles. The average molecular weight is 242 g/mol. The Kier molecular flexibility index (Phi) is 4.95. The molecule has 0 aliphatic carbocycles. The monoisotopic (exact) mass is 242 g/mol. The lowest BCUT2D eigenvalue weighted by molar-refractivity contribution is -0.142. The van der Waals surface area contributed by atoms with E-state index in [4.69, 9.17) is 5.11 Å². The van der Waals surface area contributed by atoms with Crippen molar-refractivity contribution in [3.8, 4) is 0 Å². The summed E-state index contributed by atoms with van der Waals surface area (Å²) in [6, 6.07) is 0.353. The molecule has 1 rings (SSSR count). The summed E-state index contributed by atoms with van der Waals surface area (Å²) in [5.41, 5.74) is -0.320. The largest absolute Gasteiger partial charge is 0.396 e. The van der Waals surface area contributed by atoms with E-state index in [0.717, 1.165) is 25.9 Å². The topological polar surface area (TPSA) is 52.6 Å². The normalized spacial score (nSPS) is 26.1. The highest BCUT2D eigenvalue weighted by Gasteiger charge is 2.33. The van der Waals surface area contributed by atoms with E-state index in [-0.39, 0.29) is 17.9 Å². The van der Waals surface area contributed by atoms with Crippen LogP contribution < -0.4 is 5.32 Å². The maximum Gasteiger partial charge on any atom is 0.228 e. The number of piperidine rings is 1. The molecule has 2 unspecified atom stereocenters. The van der Waals surface area contributed by atoms with Crippen LogP contribution in [0.3, 0.4) is 0 Å². The molecule has 1 aliphatic rings. The van der Waals surface area contributed by atoms with Crippen molar-refractivity contribution in [3.63, 3.8) is 0 Å². The average Bonchev–Trinajstić information content (AvgIpc) is 2.26. The van der Waals surface area contributed by atoms with Gasteiger partial charge in [0.2, 0.25) is 5.91 Å². The highest BCUT2D eigenvalue weighted by Crippen LogP contribution is 2.25. The van der Waals surface area contributed by atoms with Crippen molar-refractivity contribution in [2.24, 2.45) is 11.3 Å². The highest BCUT2D eigenvalue weighted by molar-refractivity contribution is 5.81. The van der Waals surface area contributed by atoms with E-state index in [2.05, 4.69) is 5.32 Å². The van der Waals surface area contributed by atoms with Gasteiger partial charge < -0.3 is 15.3 Å². The number of hydrogen-bond donors (Lipinski definition) is 2.